The first-order valence-corrected chi connectivity index (χ1v) is 11.2. The van der Waals surface area contributed by atoms with Gasteiger partial charge in [0.2, 0.25) is 26.0 Å². The molecule has 158 valence electrons. The van der Waals surface area contributed by atoms with E-state index in [4.69, 9.17) is 14.6 Å². The molecule has 0 spiro atoms. The lowest BCUT2D eigenvalue weighted by Crippen LogP contribution is -2.41. The Kier molecular flexibility index (Phi) is 6.85. The third-order valence-electron chi connectivity index (χ3n) is 3.84. The lowest BCUT2D eigenvalue weighted by molar-refractivity contribution is -0.117. The second kappa shape index (κ2) is 8.78. The first-order chi connectivity index (χ1) is 13.5. The molecule has 0 aliphatic carbocycles. The van der Waals surface area contributed by atoms with Gasteiger partial charge in [-0.3, -0.25) is 4.79 Å². The van der Waals surface area contributed by atoms with Crippen LogP contribution >= 0.6 is 0 Å². The number of hydrogen-bond acceptors (Lipinski definition) is 7. The van der Waals surface area contributed by atoms with Crippen LogP contribution < -0.4 is 24.7 Å². The van der Waals surface area contributed by atoms with E-state index in [2.05, 4.69) is 10.0 Å². The smallest absolute Gasteiger partial charge is 0.242 e. The number of nitrogens with two attached hydrogens (primary N) is 1. The standard InChI is InChI=1S/C17H21N3O7S2/c1-11(17(21)19-12-4-6-13(7-5-12)28(18,22)23)20-29(24,25)14-8-9-15(26-2)16(10-14)27-3/h4-11,20H,1-3H3,(H,19,21)(H2,18,22,23)/t11-/m1/s1. The van der Waals surface area contributed by atoms with Crippen LogP contribution in [0.3, 0.4) is 0 Å². The van der Waals surface area contributed by atoms with Gasteiger partial charge in [0.25, 0.3) is 0 Å². The van der Waals surface area contributed by atoms with Crippen molar-refractivity contribution >= 4 is 31.6 Å². The molecule has 12 heteroatoms. The molecule has 2 aromatic carbocycles. The average molecular weight is 444 g/mol. The Morgan fingerprint density at radius 1 is 0.931 bits per heavy atom. The van der Waals surface area contributed by atoms with Crippen molar-refractivity contribution in [2.45, 2.75) is 22.8 Å². The predicted octanol–water partition coefficient (Wildman–Crippen LogP) is 0.657. The summed E-state index contributed by atoms with van der Waals surface area (Å²) in [5, 5.41) is 7.50. The summed E-state index contributed by atoms with van der Waals surface area (Å²) < 4.78 is 60.0. The highest BCUT2D eigenvalue weighted by atomic mass is 32.2. The summed E-state index contributed by atoms with van der Waals surface area (Å²) in [5.41, 5.74) is 0.277. The van der Waals surface area contributed by atoms with Gasteiger partial charge in [0, 0.05) is 11.8 Å². The summed E-state index contributed by atoms with van der Waals surface area (Å²) in [6.45, 7) is 1.37. The van der Waals surface area contributed by atoms with Crippen LogP contribution in [0.1, 0.15) is 6.92 Å². The maximum absolute atomic E-state index is 12.6. The molecular formula is C17H21N3O7S2. The molecule has 0 aliphatic heterocycles. The molecule has 1 amide bonds. The van der Waals surface area contributed by atoms with Gasteiger partial charge in [0.15, 0.2) is 11.5 Å². The summed E-state index contributed by atoms with van der Waals surface area (Å²) >= 11 is 0. The van der Waals surface area contributed by atoms with Crippen molar-refractivity contribution in [3.05, 3.63) is 42.5 Å². The molecule has 2 aromatic rings. The summed E-state index contributed by atoms with van der Waals surface area (Å²) in [5.74, 6) is -0.0555. The zero-order valence-corrected chi connectivity index (χ0v) is 17.5. The zero-order valence-electron chi connectivity index (χ0n) is 15.9. The van der Waals surface area contributed by atoms with Gasteiger partial charge in [-0.05, 0) is 43.3 Å². The Morgan fingerprint density at radius 2 is 1.48 bits per heavy atom. The van der Waals surface area contributed by atoms with Gasteiger partial charge in [-0.2, -0.15) is 4.72 Å². The van der Waals surface area contributed by atoms with E-state index < -0.39 is 32.0 Å². The van der Waals surface area contributed by atoms with Crippen LogP contribution in [0.2, 0.25) is 0 Å². The average Bonchev–Trinajstić information content (AvgIpc) is 2.66. The lowest BCUT2D eigenvalue weighted by Gasteiger charge is -2.15. The van der Waals surface area contributed by atoms with Crippen molar-refractivity contribution in [3.8, 4) is 11.5 Å². The van der Waals surface area contributed by atoms with E-state index in [1.165, 1.54) is 63.6 Å². The SMILES string of the molecule is COc1ccc(S(=O)(=O)N[C@H](C)C(=O)Nc2ccc(S(N)(=O)=O)cc2)cc1OC. The number of methoxy groups -OCH3 is 2. The number of benzene rings is 2. The van der Waals surface area contributed by atoms with Crippen molar-refractivity contribution in [3.63, 3.8) is 0 Å². The number of ether oxygens (including phenoxy) is 2. The molecule has 1 atom stereocenters. The fourth-order valence-corrected chi connectivity index (χ4v) is 4.05. The second-order valence-corrected chi connectivity index (χ2v) is 9.19. The first kappa shape index (κ1) is 22.6. The Bertz CT molecular complexity index is 1100. The molecule has 0 heterocycles. The van der Waals surface area contributed by atoms with Crippen molar-refractivity contribution in [2.75, 3.05) is 19.5 Å². The van der Waals surface area contributed by atoms with Gasteiger partial charge in [-0.15, -0.1) is 0 Å². The minimum Gasteiger partial charge on any atom is -0.493 e. The van der Waals surface area contributed by atoms with E-state index in [0.717, 1.165) is 0 Å². The van der Waals surface area contributed by atoms with E-state index in [9.17, 15) is 21.6 Å². The summed E-state index contributed by atoms with van der Waals surface area (Å²) in [4.78, 5) is 12.1. The van der Waals surface area contributed by atoms with Crippen molar-refractivity contribution in [1.82, 2.24) is 4.72 Å². The summed E-state index contributed by atoms with van der Waals surface area (Å²) in [6.07, 6.45) is 0. The molecule has 0 saturated carbocycles. The number of primary sulfonamides is 1. The molecule has 2 rings (SSSR count). The number of anilines is 1. The minimum absolute atomic E-state index is 0.104. The lowest BCUT2D eigenvalue weighted by atomic mass is 10.3. The maximum Gasteiger partial charge on any atom is 0.242 e. The van der Waals surface area contributed by atoms with Gasteiger partial charge < -0.3 is 14.8 Å². The number of amides is 1. The summed E-state index contributed by atoms with van der Waals surface area (Å²) in [7, 11) is -5.08. The van der Waals surface area contributed by atoms with Crippen LogP contribution in [-0.4, -0.2) is 43.0 Å². The number of rotatable bonds is 8. The van der Waals surface area contributed by atoms with E-state index in [1.54, 1.807) is 0 Å². The fourth-order valence-electron chi connectivity index (χ4n) is 2.32. The number of carbonyl (C=O) groups excluding carboxylic acids is 1. The molecule has 0 aromatic heterocycles. The monoisotopic (exact) mass is 443 g/mol. The third-order valence-corrected chi connectivity index (χ3v) is 6.31. The molecule has 10 nitrogen and oxygen atoms in total. The van der Waals surface area contributed by atoms with Crippen LogP contribution in [-0.2, 0) is 24.8 Å². The number of hydrogen-bond donors (Lipinski definition) is 3. The van der Waals surface area contributed by atoms with Crippen molar-refractivity contribution in [1.29, 1.82) is 0 Å². The van der Waals surface area contributed by atoms with Crippen LogP contribution in [0.4, 0.5) is 5.69 Å². The Balaban J connectivity index is 2.12. The van der Waals surface area contributed by atoms with Crippen molar-refractivity contribution in [2.24, 2.45) is 5.14 Å². The third kappa shape index (κ3) is 5.67. The van der Waals surface area contributed by atoms with Gasteiger partial charge >= 0.3 is 0 Å². The molecule has 0 aliphatic rings. The zero-order chi connectivity index (χ0) is 21.8. The van der Waals surface area contributed by atoms with Gasteiger partial charge in [-0.25, -0.2) is 22.0 Å². The van der Waals surface area contributed by atoms with Crippen molar-refractivity contribution < 1.29 is 31.1 Å². The molecule has 0 saturated heterocycles. The summed E-state index contributed by atoms with van der Waals surface area (Å²) in [6, 6.07) is 8.04. The molecule has 29 heavy (non-hydrogen) atoms. The molecule has 0 fully saturated rings. The highest BCUT2D eigenvalue weighted by molar-refractivity contribution is 7.89. The van der Waals surface area contributed by atoms with E-state index in [0.29, 0.717) is 5.75 Å². The number of nitrogens with one attached hydrogen (secondary N) is 2. The van der Waals surface area contributed by atoms with E-state index in [1.807, 2.05) is 0 Å². The highest BCUT2D eigenvalue weighted by Crippen LogP contribution is 2.29. The Morgan fingerprint density at radius 3 is 2.00 bits per heavy atom. The molecular weight excluding hydrogens is 422 g/mol. The fraction of sp³-hybridized carbons (Fsp3) is 0.235. The maximum atomic E-state index is 12.6. The molecule has 4 N–H and O–H groups in total. The van der Waals surface area contributed by atoms with Crippen LogP contribution in [0.25, 0.3) is 0 Å². The largest absolute Gasteiger partial charge is 0.493 e. The molecule has 0 unspecified atom stereocenters. The van der Waals surface area contributed by atoms with Gasteiger partial charge in [0.1, 0.15) is 0 Å². The Labute approximate surface area is 169 Å². The van der Waals surface area contributed by atoms with Gasteiger partial charge in [-0.1, -0.05) is 0 Å². The van der Waals surface area contributed by atoms with Crippen LogP contribution in [0.15, 0.2) is 52.3 Å². The number of carbonyl (C=O) groups is 1. The topological polar surface area (TPSA) is 154 Å². The predicted molar refractivity (Wildman–Crippen MR) is 106 cm³/mol. The first-order valence-electron chi connectivity index (χ1n) is 8.16. The number of sulfonamides is 2. The normalized spacial score (nSPS) is 12.8. The van der Waals surface area contributed by atoms with E-state index >= 15 is 0 Å². The van der Waals surface area contributed by atoms with E-state index in [-0.39, 0.29) is 21.2 Å². The second-order valence-electron chi connectivity index (χ2n) is 5.92. The minimum atomic E-state index is -4.02. The highest BCUT2D eigenvalue weighted by Gasteiger charge is 2.23. The van der Waals surface area contributed by atoms with Gasteiger partial charge in [0.05, 0.1) is 30.1 Å². The van der Waals surface area contributed by atoms with Crippen LogP contribution in [0, 0.1) is 0 Å². The van der Waals surface area contributed by atoms with Crippen LogP contribution in [0.5, 0.6) is 11.5 Å². The molecule has 0 radical (unpaired) electrons. The Hall–Kier alpha value is -2.67. The quantitative estimate of drug-likeness (QED) is 0.541. The molecule has 0 bridgehead atoms.